The Morgan fingerprint density at radius 1 is 0.880 bits per heavy atom. The number of carbonyl (C=O) groups is 2. The standard InChI is InChI=1S/C17H14O7S/c18-14(19)17(15(20)21)13-9-5-4-6-11(13)10-16(17,25(22,23)24)12-7-2-1-3-8-12/h1-9H,10H2,(H,18,19)(H,20,21)(H,22,23,24). The summed E-state index contributed by atoms with van der Waals surface area (Å²) in [5, 5.41) is 19.8. The van der Waals surface area contributed by atoms with Crippen LogP contribution in [0.3, 0.4) is 0 Å². The number of hydrogen-bond donors (Lipinski definition) is 3. The van der Waals surface area contributed by atoms with Crippen LogP contribution in [0.4, 0.5) is 0 Å². The van der Waals surface area contributed by atoms with Crippen LogP contribution in [0.25, 0.3) is 0 Å². The average molecular weight is 362 g/mol. The van der Waals surface area contributed by atoms with Crippen LogP contribution in [-0.4, -0.2) is 35.1 Å². The van der Waals surface area contributed by atoms with Crippen LogP contribution in [0.5, 0.6) is 0 Å². The molecule has 0 saturated carbocycles. The molecule has 1 aliphatic carbocycles. The molecule has 0 aromatic heterocycles. The molecule has 25 heavy (non-hydrogen) atoms. The fraction of sp³-hybridized carbons (Fsp3) is 0.176. The molecular weight excluding hydrogens is 348 g/mol. The van der Waals surface area contributed by atoms with Crippen LogP contribution in [0.2, 0.25) is 0 Å². The van der Waals surface area contributed by atoms with Gasteiger partial charge in [0, 0.05) is 6.42 Å². The molecule has 7 nitrogen and oxygen atoms in total. The number of rotatable bonds is 4. The Morgan fingerprint density at radius 3 is 1.92 bits per heavy atom. The SMILES string of the molecule is O=C(O)C1(C(=O)O)c2ccccc2CC1(c1ccccc1)S(=O)(=O)O. The first-order valence-corrected chi connectivity index (χ1v) is 8.71. The normalized spacial score (nSPS) is 21.5. The molecule has 0 bridgehead atoms. The summed E-state index contributed by atoms with van der Waals surface area (Å²) in [6, 6.07) is 12.8. The van der Waals surface area contributed by atoms with Gasteiger partial charge in [-0.2, -0.15) is 8.42 Å². The number of fused-ring (bicyclic) bond motifs is 1. The summed E-state index contributed by atoms with van der Waals surface area (Å²) in [6.45, 7) is 0. The van der Waals surface area contributed by atoms with Crippen LogP contribution < -0.4 is 0 Å². The highest BCUT2D eigenvalue weighted by molar-refractivity contribution is 7.87. The third-order valence-electron chi connectivity index (χ3n) is 4.79. The lowest BCUT2D eigenvalue weighted by atomic mass is 9.71. The van der Waals surface area contributed by atoms with Crippen molar-refractivity contribution in [2.45, 2.75) is 16.6 Å². The first kappa shape index (κ1) is 17.1. The first-order valence-electron chi connectivity index (χ1n) is 7.27. The van der Waals surface area contributed by atoms with Gasteiger partial charge in [0.15, 0.2) is 4.75 Å². The molecule has 0 amide bonds. The minimum atomic E-state index is -5.14. The van der Waals surface area contributed by atoms with Gasteiger partial charge in [0.2, 0.25) is 5.41 Å². The summed E-state index contributed by atoms with van der Waals surface area (Å²) in [5.41, 5.74) is -2.89. The molecule has 1 aliphatic rings. The van der Waals surface area contributed by atoms with Crippen molar-refractivity contribution in [3.8, 4) is 0 Å². The van der Waals surface area contributed by atoms with Gasteiger partial charge in [-0.05, 0) is 16.7 Å². The second kappa shape index (κ2) is 5.40. The second-order valence-corrected chi connectivity index (χ2v) is 7.51. The monoisotopic (exact) mass is 362 g/mol. The Balaban J connectivity index is 2.56. The van der Waals surface area contributed by atoms with E-state index in [4.69, 9.17) is 0 Å². The molecule has 8 heteroatoms. The van der Waals surface area contributed by atoms with Crippen molar-refractivity contribution in [1.29, 1.82) is 0 Å². The van der Waals surface area contributed by atoms with Crippen LogP contribution in [0.1, 0.15) is 16.7 Å². The van der Waals surface area contributed by atoms with E-state index in [0.717, 1.165) is 0 Å². The largest absolute Gasteiger partial charge is 0.480 e. The second-order valence-electron chi connectivity index (χ2n) is 5.86. The molecule has 0 radical (unpaired) electrons. The summed E-state index contributed by atoms with van der Waals surface area (Å²) in [5.74, 6) is -3.71. The average Bonchev–Trinajstić information content (AvgIpc) is 2.88. The van der Waals surface area contributed by atoms with Crippen molar-refractivity contribution >= 4 is 22.1 Å². The fourth-order valence-corrected chi connectivity index (χ4v) is 5.23. The molecule has 2 aromatic carbocycles. The summed E-state index contributed by atoms with van der Waals surface area (Å²) in [4.78, 5) is 24.4. The number of carboxylic acids is 2. The van der Waals surface area contributed by atoms with Crippen LogP contribution in [0, 0.1) is 0 Å². The third-order valence-corrected chi connectivity index (χ3v) is 6.36. The Kier molecular flexibility index (Phi) is 3.70. The van der Waals surface area contributed by atoms with Crippen molar-refractivity contribution in [3.05, 3.63) is 71.3 Å². The zero-order valence-corrected chi connectivity index (χ0v) is 13.6. The van der Waals surface area contributed by atoms with Crippen molar-refractivity contribution < 1.29 is 32.8 Å². The van der Waals surface area contributed by atoms with Gasteiger partial charge < -0.3 is 10.2 Å². The Hall–Kier alpha value is -2.71. The lowest BCUT2D eigenvalue weighted by Crippen LogP contribution is -2.60. The van der Waals surface area contributed by atoms with Crippen LogP contribution in [-0.2, 0) is 36.3 Å². The van der Waals surface area contributed by atoms with Crippen molar-refractivity contribution in [2.24, 2.45) is 0 Å². The topological polar surface area (TPSA) is 129 Å². The maximum absolute atomic E-state index is 12.5. The molecule has 1 atom stereocenters. The predicted molar refractivity (Wildman–Crippen MR) is 86.8 cm³/mol. The number of hydrogen-bond acceptors (Lipinski definition) is 4. The Morgan fingerprint density at radius 2 is 1.40 bits per heavy atom. The number of benzene rings is 2. The first-order chi connectivity index (χ1) is 11.7. The molecule has 3 rings (SSSR count). The minimum Gasteiger partial charge on any atom is -0.480 e. The maximum atomic E-state index is 12.5. The zero-order chi connectivity index (χ0) is 18.5. The lowest BCUT2D eigenvalue weighted by molar-refractivity contribution is -0.159. The van der Waals surface area contributed by atoms with E-state index in [0.29, 0.717) is 0 Å². The quantitative estimate of drug-likeness (QED) is 0.554. The molecule has 2 aromatic rings. The molecule has 0 heterocycles. The van der Waals surface area contributed by atoms with Gasteiger partial charge in [-0.3, -0.25) is 14.1 Å². The molecule has 0 saturated heterocycles. The highest BCUT2D eigenvalue weighted by atomic mass is 32.2. The number of carboxylic acid groups (broad SMARTS) is 2. The Labute approximate surface area is 143 Å². The highest BCUT2D eigenvalue weighted by Crippen LogP contribution is 2.56. The van der Waals surface area contributed by atoms with Crippen molar-refractivity contribution in [1.82, 2.24) is 0 Å². The predicted octanol–water partition coefficient (Wildman–Crippen LogP) is 1.43. The van der Waals surface area contributed by atoms with E-state index in [1.165, 1.54) is 42.5 Å². The Bertz CT molecular complexity index is 952. The van der Waals surface area contributed by atoms with E-state index < -0.39 is 38.6 Å². The van der Waals surface area contributed by atoms with Gasteiger partial charge in [0.25, 0.3) is 10.1 Å². The van der Waals surface area contributed by atoms with Crippen LogP contribution >= 0.6 is 0 Å². The molecular formula is C17H14O7S. The van der Waals surface area contributed by atoms with E-state index in [-0.39, 0.29) is 16.7 Å². The third kappa shape index (κ3) is 1.98. The number of aliphatic carboxylic acids is 2. The van der Waals surface area contributed by atoms with Gasteiger partial charge in [-0.15, -0.1) is 0 Å². The maximum Gasteiger partial charge on any atom is 0.327 e. The summed E-state index contributed by atoms with van der Waals surface area (Å²) < 4.78 is 32.4. The van der Waals surface area contributed by atoms with Crippen molar-refractivity contribution in [3.63, 3.8) is 0 Å². The van der Waals surface area contributed by atoms with Gasteiger partial charge in [-0.1, -0.05) is 54.6 Å². The molecule has 1 unspecified atom stereocenters. The van der Waals surface area contributed by atoms with Gasteiger partial charge in [0.05, 0.1) is 0 Å². The molecule has 0 spiro atoms. The summed E-state index contributed by atoms with van der Waals surface area (Å²) in [7, 11) is -5.14. The molecule has 0 aliphatic heterocycles. The van der Waals surface area contributed by atoms with Crippen molar-refractivity contribution in [2.75, 3.05) is 0 Å². The zero-order valence-electron chi connectivity index (χ0n) is 12.8. The van der Waals surface area contributed by atoms with Gasteiger partial charge >= 0.3 is 11.9 Å². The minimum absolute atomic E-state index is 0.0986. The lowest BCUT2D eigenvalue weighted by Gasteiger charge is -2.38. The van der Waals surface area contributed by atoms with Gasteiger partial charge in [-0.25, -0.2) is 0 Å². The van der Waals surface area contributed by atoms with E-state index >= 15 is 0 Å². The summed E-state index contributed by atoms with van der Waals surface area (Å²) in [6.07, 6.45) is -0.468. The van der Waals surface area contributed by atoms with E-state index in [2.05, 4.69) is 0 Å². The van der Waals surface area contributed by atoms with E-state index in [1.807, 2.05) is 0 Å². The highest BCUT2D eigenvalue weighted by Gasteiger charge is 2.74. The van der Waals surface area contributed by atoms with E-state index in [9.17, 15) is 32.8 Å². The van der Waals surface area contributed by atoms with Gasteiger partial charge in [0.1, 0.15) is 0 Å². The fourth-order valence-electron chi connectivity index (χ4n) is 3.79. The molecule has 130 valence electrons. The summed E-state index contributed by atoms with van der Waals surface area (Å²) >= 11 is 0. The van der Waals surface area contributed by atoms with Crippen LogP contribution in [0.15, 0.2) is 54.6 Å². The molecule has 3 N–H and O–H groups in total. The van der Waals surface area contributed by atoms with E-state index in [1.54, 1.807) is 12.1 Å². The smallest absolute Gasteiger partial charge is 0.327 e. The molecule has 0 fully saturated rings.